The lowest BCUT2D eigenvalue weighted by atomic mass is 10.0. The molecular weight excluding hydrogens is 248 g/mol. The standard InChI is InChI=1S/C17H36N2O/c1-13(2)8-10-19(11-9-14(3)4)16(12-18)17-7-6-15(5)20-17/h13-17H,6-12,18H2,1-5H3. The molecule has 2 N–H and O–H groups in total. The van der Waals surface area contributed by atoms with E-state index in [9.17, 15) is 0 Å². The van der Waals surface area contributed by atoms with Crippen LogP contribution in [0.15, 0.2) is 0 Å². The predicted molar refractivity (Wildman–Crippen MR) is 86.9 cm³/mol. The molecule has 1 saturated heterocycles. The molecule has 0 aromatic carbocycles. The van der Waals surface area contributed by atoms with Crippen molar-refractivity contribution in [2.45, 2.75) is 78.6 Å². The molecule has 1 heterocycles. The Morgan fingerprint density at radius 1 is 1.05 bits per heavy atom. The summed E-state index contributed by atoms with van der Waals surface area (Å²) in [4.78, 5) is 2.60. The Morgan fingerprint density at radius 3 is 1.95 bits per heavy atom. The van der Waals surface area contributed by atoms with Gasteiger partial charge in [0, 0.05) is 12.6 Å². The molecule has 3 unspecified atom stereocenters. The van der Waals surface area contributed by atoms with Crippen molar-refractivity contribution in [2.75, 3.05) is 19.6 Å². The molecule has 3 atom stereocenters. The van der Waals surface area contributed by atoms with E-state index in [-0.39, 0.29) is 0 Å². The third kappa shape index (κ3) is 6.11. The second-order valence-corrected chi connectivity index (χ2v) is 7.27. The van der Waals surface area contributed by atoms with E-state index in [4.69, 9.17) is 10.5 Å². The molecule has 0 radical (unpaired) electrons. The summed E-state index contributed by atoms with van der Waals surface area (Å²) >= 11 is 0. The minimum atomic E-state index is 0.342. The molecule has 3 heteroatoms. The maximum Gasteiger partial charge on any atom is 0.0747 e. The van der Waals surface area contributed by atoms with Gasteiger partial charge in [-0.25, -0.2) is 0 Å². The largest absolute Gasteiger partial charge is 0.374 e. The Morgan fingerprint density at radius 2 is 1.60 bits per heavy atom. The SMILES string of the molecule is CC(C)CCN(CCC(C)C)C(CN)C1CCC(C)O1. The number of nitrogens with two attached hydrogens (primary N) is 1. The molecular formula is C17H36N2O. The number of nitrogens with zero attached hydrogens (tertiary/aromatic N) is 1. The summed E-state index contributed by atoms with van der Waals surface area (Å²) in [5.74, 6) is 1.50. The van der Waals surface area contributed by atoms with E-state index in [2.05, 4.69) is 39.5 Å². The molecule has 1 rings (SSSR count). The van der Waals surface area contributed by atoms with Crippen LogP contribution in [0.4, 0.5) is 0 Å². The van der Waals surface area contributed by atoms with Crippen LogP contribution in [0, 0.1) is 11.8 Å². The van der Waals surface area contributed by atoms with E-state index in [0.29, 0.717) is 24.8 Å². The zero-order valence-corrected chi connectivity index (χ0v) is 14.3. The highest BCUT2D eigenvalue weighted by molar-refractivity contribution is 4.86. The predicted octanol–water partition coefficient (Wildman–Crippen LogP) is 3.28. The van der Waals surface area contributed by atoms with E-state index < -0.39 is 0 Å². The number of ether oxygens (including phenoxy) is 1. The van der Waals surface area contributed by atoms with Gasteiger partial charge in [-0.3, -0.25) is 4.90 Å². The van der Waals surface area contributed by atoms with Crippen LogP contribution in [0.1, 0.15) is 60.3 Å². The summed E-state index contributed by atoms with van der Waals surface area (Å²) in [6.07, 6.45) is 5.60. The second-order valence-electron chi connectivity index (χ2n) is 7.27. The first-order valence-corrected chi connectivity index (χ1v) is 8.53. The number of hydrogen-bond donors (Lipinski definition) is 1. The monoisotopic (exact) mass is 284 g/mol. The minimum Gasteiger partial charge on any atom is -0.374 e. The molecule has 1 aliphatic rings. The smallest absolute Gasteiger partial charge is 0.0747 e. The summed E-state index contributed by atoms with van der Waals surface area (Å²) in [5, 5.41) is 0. The molecule has 120 valence electrons. The summed E-state index contributed by atoms with van der Waals surface area (Å²) < 4.78 is 6.09. The normalized spacial score (nSPS) is 25.1. The molecule has 1 fully saturated rings. The van der Waals surface area contributed by atoms with E-state index in [0.717, 1.165) is 24.9 Å². The lowest BCUT2D eigenvalue weighted by molar-refractivity contribution is -0.00665. The average molecular weight is 284 g/mol. The zero-order chi connectivity index (χ0) is 15.1. The van der Waals surface area contributed by atoms with Crippen molar-refractivity contribution in [2.24, 2.45) is 17.6 Å². The van der Waals surface area contributed by atoms with Gasteiger partial charge in [-0.15, -0.1) is 0 Å². The Kier molecular flexibility index (Phi) is 8.08. The Bertz CT molecular complexity index is 243. The van der Waals surface area contributed by atoms with Gasteiger partial charge in [0.15, 0.2) is 0 Å². The lowest BCUT2D eigenvalue weighted by Crippen LogP contribution is -2.49. The van der Waals surface area contributed by atoms with Crippen LogP contribution in [-0.2, 0) is 4.74 Å². The first-order valence-electron chi connectivity index (χ1n) is 8.53. The summed E-state index contributed by atoms with van der Waals surface area (Å²) in [7, 11) is 0. The van der Waals surface area contributed by atoms with Crippen LogP contribution < -0.4 is 5.73 Å². The third-order valence-corrected chi connectivity index (χ3v) is 4.39. The maximum absolute atomic E-state index is 6.09. The van der Waals surface area contributed by atoms with Crippen molar-refractivity contribution >= 4 is 0 Å². The Balaban J connectivity index is 2.60. The van der Waals surface area contributed by atoms with Gasteiger partial charge in [0.05, 0.1) is 12.2 Å². The summed E-state index contributed by atoms with van der Waals surface area (Å²) in [6.45, 7) is 14.4. The van der Waals surface area contributed by atoms with Crippen LogP contribution >= 0.6 is 0 Å². The van der Waals surface area contributed by atoms with Crippen molar-refractivity contribution in [1.29, 1.82) is 0 Å². The highest BCUT2D eigenvalue weighted by atomic mass is 16.5. The molecule has 0 spiro atoms. The van der Waals surface area contributed by atoms with Crippen molar-refractivity contribution in [1.82, 2.24) is 4.90 Å². The van der Waals surface area contributed by atoms with Gasteiger partial charge >= 0.3 is 0 Å². The molecule has 3 nitrogen and oxygen atoms in total. The molecule has 1 aliphatic heterocycles. The molecule has 0 aliphatic carbocycles. The van der Waals surface area contributed by atoms with Crippen LogP contribution in [0.2, 0.25) is 0 Å². The maximum atomic E-state index is 6.09. The van der Waals surface area contributed by atoms with Crippen molar-refractivity contribution in [3.05, 3.63) is 0 Å². The van der Waals surface area contributed by atoms with Crippen LogP contribution in [-0.4, -0.2) is 42.8 Å². The number of hydrogen-bond acceptors (Lipinski definition) is 3. The van der Waals surface area contributed by atoms with E-state index in [1.54, 1.807) is 0 Å². The van der Waals surface area contributed by atoms with Crippen molar-refractivity contribution < 1.29 is 4.74 Å². The second kappa shape index (κ2) is 9.01. The fraction of sp³-hybridized carbons (Fsp3) is 1.00. The van der Waals surface area contributed by atoms with Gasteiger partial charge in [-0.2, -0.15) is 0 Å². The van der Waals surface area contributed by atoms with Gasteiger partial charge < -0.3 is 10.5 Å². The fourth-order valence-electron chi connectivity index (χ4n) is 2.94. The Hall–Kier alpha value is -0.120. The molecule has 0 aromatic heterocycles. The molecule has 0 bridgehead atoms. The highest BCUT2D eigenvalue weighted by Gasteiger charge is 2.32. The van der Waals surface area contributed by atoms with Gasteiger partial charge in [-0.05, 0) is 57.5 Å². The summed E-state index contributed by atoms with van der Waals surface area (Å²) in [6, 6.07) is 0.400. The van der Waals surface area contributed by atoms with E-state index >= 15 is 0 Å². The minimum absolute atomic E-state index is 0.342. The zero-order valence-electron chi connectivity index (χ0n) is 14.3. The van der Waals surface area contributed by atoms with E-state index in [1.807, 2.05) is 0 Å². The highest BCUT2D eigenvalue weighted by Crippen LogP contribution is 2.25. The van der Waals surface area contributed by atoms with Gasteiger partial charge in [0.25, 0.3) is 0 Å². The van der Waals surface area contributed by atoms with Crippen molar-refractivity contribution in [3.63, 3.8) is 0 Å². The Labute approximate surface area is 126 Å². The van der Waals surface area contributed by atoms with Gasteiger partial charge in [0.2, 0.25) is 0 Å². The molecule has 0 amide bonds. The van der Waals surface area contributed by atoms with Crippen LogP contribution in [0.5, 0.6) is 0 Å². The molecule has 0 aromatic rings. The molecule has 20 heavy (non-hydrogen) atoms. The first kappa shape index (κ1) is 17.9. The topological polar surface area (TPSA) is 38.5 Å². The lowest BCUT2D eigenvalue weighted by Gasteiger charge is -2.35. The van der Waals surface area contributed by atoms with Crippen LogP contribution in [0.25, 0.3) is 0 Å². The summed E-state index contributed by atoms with van der Waals surface area (Å²) in [5.41, 5.74) is 6.09. The van der Waals surface area contributed by atoms with Gasteiger partial charge in [0.1, 0.15) is 0 Å². The van der Waals surface area contributed by atoms with E-state index in [1.165, 1.54) is 25.7 Å². The molecule has 0 saturated carbocycles. The average Bonchev–Trinajstić information content (AvgIpc) is 2.78. The first-order chi connectivity index (χ1) is 9.43. The quantitative estimate of drug-likeness (QED) is 0.706. The van der Waals surface area contributed by atoms with Crippen LogP contribution in [0.3, 0.4) is 0 Å². The van der Waals surface area contributed by atoms with Crippen molar-refractivity contribution in [3.8, 4) is 0 Å². The van der Waals surface area contributed by atoms with Gasteiger partial charge in [-0.1, -0.05) is 27.7 Å². The third-order valence-electron chi connectivity index (χ3n) is 4.39. The fourth-order valence-corrected chi connectivity index (χ4v) is 2.94. The number of rotatable bonds is 9.